The number of halogens is 1. The number of allylic oxidation sites excluding steroid dienone is 1. The molecule has 0 rings (SSSR count). The van der Waals surface area contributed by atoms with Crippen molar-refractivity contribution in [3.8, 4) is 0 Å². The minimum atomic E-state index is -1.16. The zero-order valence-corrected chi connectivity index (χ0v) is 9.39. The fourth-order valence-corrected chi connectivity index (χ4v) is 1.18. The number of nitrogens with one attached hydrogen (secondary N) is 2. The Morgan fingerprint density at radius 2 is 2.21 bits per heavy atom. The third-order valence-corrected chi connectivity index (χ3v) is 1.93. The molecule has 14 heavy (non-hydrogen) atoms. The van der Waals surface area contributed by atoms with Crippen molar-refractivity contribution in [2.75, 3.05) is 0 Å². The van der Waals surface area contributed by atoms with Gasteiger partial charge in [-0.25, -0.2) is 9.92 Å². The molecule has 0 aromatic heterocycles. The van der Waals surface area contributed by atoms with E-state index in [0.29, 0.717) is 12.1 Å². The Morgan fingerprint density at radius 1 is 1.64 bits per heavy atom. The second kappa shape index (κ2) is 5.73. The molecule has 0 saturated carbocycles. The Hall–Kier alpha value is -0.930. The van der Waals surface area contributed by atoms with Gasteiger partial charge in [-0.3, -0.25) is 0 Å². The first kappa shape index (κ1) is 13.1. The van der Waals surface area contributed by atoms with Crippen LogP contribution in [-0.4, -0.2) is 11.7 Å². The predicted molar refractivity (Wildman–Crippen MR) is 55.9 cm³/mol. The number of hydrogen-bond donors (Lipinski definition) is 2. The maximum Gasteiger partial charge on any atom is 0.107 e. The zero-order valence-electron chi connectivity index (χ0n) is 9.39. The van der Waals surface area contributed by atoms with E-state index < -0.39 is 5.67 Å². The summed E-state index contributed by atoms with van der Waals surface area (Å²) in [6, 6.07) is 0.103. The maximum absolute atomic E-state index is 13.3. The van der Waals surface area contributed by atoms with E-state index in [2.05, 4.69) is 10.4 Å². The highest BCUT2D eigenvalue weighted by Gasteiger charge is 2.20. The van der Waals surface area contributed by atoms with E-state index in [1.807, 2.05) is 6.92 Å². The number of hydrogen-bond acceptors (Lipinski definition) is 3. The molecule has 0 amide bonds. The molecule has 82 valence electrons. The van der Waals surface area contributed by atoms with Gasteiger partial charge in [-0.15, -0.1) is 0 Å². The topological polar surface area (TPSA) is 48.2 Å². The van der Waals surface area contributed by atoms with Crippen LogP contribution in [0.2, 0.25) is 0 Å². The molecule has 0 radical (unpaired) electrons. The first-order chi connectivity index (χ1) is 6.39. The number of rotatable bonds is 6. The van der Waals surface area contributed by atoms with Crippen molar-refractivity contribution in [1.82, 2.24) is 5.32 Å². The van der Waals surface area contributed by atoms with Gasteiger partial charge in [0.2, 0.25) is 0 Å². The Morgan fingerprint density at radius 3 is 2.57 bits per heavy atom. The lowest BCUT2D eigenvalue weighted by molar-refractivity contribution is 0.180. The van der Waals surface area contributed by atoms with E-state index in [0.717, 1.165) is 6.42 Å². The molecule has 0 heterocycles. The molecule has 0 aliphatic heterocycles. The Kier molecular flexibility index (Phi) is 5.35. The summed E-state index contributed by atoms with van der Waals surface area (Å²) in [5, 5.41) is 6.31. The Bertz CT molecular complexity index is 206. The van der Waals surface area contributed by atoms with Gasteiger partial charge in [-0.2, -0.15) is 5.11 Å². The van der Waals surface area contributed by atoms with E-state index in [-0.39, 0.29) is 6.04 Å². The average Bonchev–Trinajstić information content (AvgIpc) is 2.09. The van der Waals surface area contributed by atoms with E-state index >= 15 is 0 Å². The van der Waals surface area contributed by atoms with Crippen molar-refractivity contribution in [1.29, 1.82) is 5.53 Å². The summed E-state index contributed by atoms with van der Waals surface area (Å²) in [6.45, 7) is 6.88. The first-order valence-electron chi connectivity index (χ1n) is 4.88. The fourth-order valence-electron chi connectivity index (χ4n) is 1.18. The Balaban J connectivity index is 4.10. The van der Waals surface area contributed by atoms with Gasteiger partial charge in [0, 0.05) is 18.7 Å². The molecule has 0 aromatic carbocycles. The van der Waals surface area contributed by atoms with E-state index in [1.54, 1.807) is 27.0 Å². The average molecular weight is 201 g/mol. The third-order valence-electron chi connectivity index (χ3n) is 1.93. The van der Waals surface area contributed by atoms with Crippen LogP contribution in [-0.2, 0) is 0 Å². The molecule has 1 atom stereocenters. The lowest BCUT2D eigenvalue weighted by atomic mass is 9.99. The molecule has 0 spiro atoms. The van der Waals surface area contributed by atoms with Crippen LogP contribution in [0.5, 0.6) is 0 Å². The second-order valence-corrected chi connectivity index (χ2v) is 4.09. The van der Waals surface area contributed by atoms with Gasteiger partial charge in [0.15, 0.2) is 0 Å². The molecule has 2 N–H and O–H groups in total. The van der Waals surface area contributed by atoms with E-state index in [9.17, 15) is 4.39 Å². The lowest BCUT2D eigenvalue weighted by Gasteiger charge is -2.22. The zero-order chi connectivity index (χ0) is 11.2. The molecule has 0 aliphatic rings. The summed E-state index contributed by atoms with van der Waals surface area (Å²) in [4.78, 5) is 0. The van der Waals surface area contributed by atoms with Crippen molar-refractivity contribution in [3.63, 3.8) is 0 Å². The smallest absolute Gasteiger partial charge is 0.107 e. The maximum atomic E-state index is 13.3. The number of alkyl halides is 1. The largest absolute Gasteiger partial charge is 0.387 e. The fraction of sp³-hybridized carbons (Fsp3) is 0.800. The van der Waals surface area contributed by atoms with Crippen LogP contribution >= 0.6 is 0 Å². The summed E-state index contributed by atoms with van der Waals surface area (Å²) < 4.78 is 13.3. The number of nitrogens with zero attached hydrogens (tertiary/aromatic N) is 1. The highest BCUT2D eigenvalue weighted by molar-refractivity contribution is 4.94. The minimum absolute atomic E-state index is 0.103. The van der Waals surface area contributed by atoms with Gasteiger partial charge in [-0.05, 0) is 27.2 Å². The first-order valence-corrected chi connectivity index (χ1v) is 4.88. The standard InChI is InChI=1S/C10H20FN3/c1-5-9(6-10(3,4)11)13-7-8(2)14-12/h7,9,12-13H,5-6H2,1-4H3/b8-7-,14-12?. The molecule has 0 fully saturated rings. The Labute approximate surface area is 85.3 Å². The molecule has 0 aliphatic carbocycles. The normalized spacial score (nSPS) is 15.1. The van der Waals surface area contributed by atoms with Crippen LogP contribution < -0.4 is 5.32 Å². The summed E-state index contributed by atoms with van der Waals surface area (Å²) in [5.41, 5.74) is 6.17. The predicted octanol–water partition coefficient (Wildman–Crippen LogP) is 3.39. The second-order valence-electron chi connectivity index (χ2n) is 4.09. The van der Waals surface area contributed by atoms with Crippen LogP contribution in [0.15, 0.2) is 17.0 Å². The van der Waals surface area contributed by atoms with Gasteiger partial charge in [-0.1, -0.05) is 6.92 Å². The third kappa shape index (κ3) is 6.57. The molecule has 0 saturated heterocycles. The quantitative estimate of drug-likeness (QED) is 0.636. The summed E-state index contributed by atoms with van der Waals surface area (Å²) in [7, 11) is 0. The summed E-state index contributed by atoms with van der Waals surface area (Å²) in [5.74, 6) is 0. The van der Waals surface area contributed by atoms with E-state index in [1.165, 1.54) is 0 Å². The minimum Gasteiger partial charge on any atom is -0.387 e. The van der Waals surface area contributed by atoms with Gasteiger partial charge in [0.25, 0.3) is 0 Å². The SMILES string of the molecule is CCC(CC(C)(C)F)N/C=C(/C)N=N. The van der Waals surface area contributed by atoms with Gasteiger partial charge < -0.3 is 5.32 Å². The van der Waals surface area contributed by atoms with Crippen molar-refractivity contribution in [2.24, 2.45) is 5.11 Å². The van der Waals surface area contributed by atoms with Crippen molar-refractivity contribution >= 4 is 0 Å². The van der Waals surface area contributed by atoms with E-state index in [4.69, 9.17) is 5.53 Å². The molecule has 0 aromatic rings. The van der Waals surface area contributed by atoms with Crippen LogP contribution in [0.25, 0.3) is 0 Å². The van der Waals surface area contributed by atoms with Gasteiger partial charge in [0.05, 0.1) is 5.70 Å². The molecule has 1 unspecified atom stereocenters. The van der Waals surface area contributed by atoms with Crippen LogP contribution in [0.1, 0.15) is 40.5 Å². The molecule has 4 heteroatoms. The van der Waals surface area contributed by atoms with Crippen molar-refractivity contribution in [3.05, 3.63) is 11.9 Å². The van der Waals surface area contributed by atoms with Crippen LogP contribution in [0, 0.1) is 5.53 Å². The van der Waals surface area contributed by atoms with Crippen LogP contribution in [0.4, 0.5) is 4.39 Å². The van der Waals surface area contributed by atoms with Crippen LogP contribution in [0.3, 0.4) is 0 Å². The van der Waals surface area contributed by atoms with Gasteiger partial charge in [0.1, 0.15) is 5.67 Å². The lowest BCUT2D eigenvalue weighted by Crippen LogP contribution is -2.31. The molecule has 3 nitrogen and oxygen atoms in total. The van der Waals surface area contributed by atoms with Crippen molar-refractivity contribution < 1.29 is 4.39 Å². The van der Waals surface area contributed by atoms with Crippen molar-refractivity contribution in [2.45, 2.75) is 52.2 Å². The van der Waals surface area contributed by atoms with Gasteiger partial charge >= 0.3 is 0 Å². The summed E-state index contributed by atoms with van der Waals surface area (Å²) in [6.07, 6.45) is 2.98. The monoisotopic (exact) mass is 201 g/mol. The highest BCUT2D eigenvalue weighted by Crippen LogP contribution is 2.17. The highest BCUT2D eigenvalue weighted by atomic mass is 19.1. The summed E-state index contributed by atoms with van der Waals surface area (Å²) >= 11 is 0. The molecule has 0 bridgehead atoms. The molecular formula is C10H20FN3. The molecular weight excluding hydrogens is 181 g/mol.